The summed E-state index contributed by atoms with van der Waals surface area (Å²) < 4.78 is 2.91. The number of carboxylic acids is 1. The third-order valence-electron chi connectivity index (χ3n) is 2.87. The fraction of sp³-hybridized carbons (Fsp3) is 0.357. The normalized spacial score (nSPS) is 11.1. The Hall–Kier alpha value is -1.34. The van der Waals surface area contributed by atoms with Crippen molar-refractivity contribution in [2.45, 2.75) is 32.0 Å². The zero-order chi connectivity index (χ0) is 15.6. The molecular formula is C14H16BrN3O2S. The Morgan fingerprint density at radius 1 is 1.43 bits per heavy atom. The number of thioether (sulfide) groups is 1. The number of carboxylic acid groups (broad SMARTS) is 1. The molecule has 0 aliphatic heterocycles. The van der Waals surface area contributed by atoms with Crippen LogP contribution in [-0.2, 0) is 4.79 Å². The molecule has 0 bridgehead atoms. The van der Waals surface area contributed by atoms with Crippen molar-refractivity contribution in [3.63, 3.8) is 0 Å². The van der Waals surface area contributed by atoms with Crippen LogP contribution in [0.5, 0.6) is 0 Å². The number of rotatable bonds is 5. The highest BCUT2D eigenvalue weighted by molar-refractivity contribution is 9.10. The van der Waals surface area contributed by atoms with Gasteiger partial charge in [-0.05, 0) is 32.9 Å². The molecular weight excluding hydrogens is 354 g/mol. The van der Waals surface area contributed by atoms with Gasteiger partial charge in [-0.2, -0.15) is 0 Å². The summed E-state index contributed by atoms with van der Waals surface area (Å²) in [7, 11) is 0. The van der Waals surface area contributed by atoms with Gasteiger partial charge in [0.15, 0.2) is 11.0 Å². The molecule has 0 unspecified atom stereocenters. The molecule has 1 aromatic heterocycles. The van der Waals surface area contributed by atoms with Crippen molar-refractivity contribution in [3.8, 4) is 11.4 Å². The maximum absolute atomic E-state index is 10.7. The topological polar surface area (TPSA) is 68.0 Å². The number of aromatic nitrogens is 3. The molecule has 5 nitrogen and oxygen atoms in total. The zero-order valence-corrected chi connectivity index (χ0v) is 14.4. The Balaban J connectivity index is 2.49. The molecule has 0 atom stereocenters. The number of benzene rings is 1. The number of aryl methyl sites for hydroxylation is 1. The average molecular weight is 370 g/mol. The van der Waals surface area contributed by atoms with Crippen molar-refractivity contribution >= 4 is 33.7 Å². The molecule has 2 aromatic rings. The van der Waals surface area contributed by atoms with Gasteiger partial charge in [0.2, 0.25) is 0 Å². The van der Waals surface area contributed by atoms with Gasteiger partial charge in [0.1, 0.15) is 0 Å². The van der Waals surface area contributed by atoms with Crippen LogP contribution in [0.25, 0.3) is 11.4 Å². The van der Waals surface area contributed by atoms with Gasteiger partial charge in [-0.15, -0.1) is 10.2 Å². The van der Waals surface area contributed by atoms with Crippen LogP contribution < -0.4 is 0 Å². The zero-order valence-electron chi connectivity index (χ0n) is 12.0. The highest BCUT2D eigenvalue weighted by atomic mass is 79.9. The minimum absolute atomic E-state index is 0.0279. The van der Waals surface area contributed by atoms with Gasteiger partial charge in [-0.3, -0.25) is 9.36 Å². The Kier molecular flexibility index (Phi) is 5.05. The van der Waals surface area contributed by atoms with E-state index in [2.05, 4.69) is 26.1 Å². The minimum atomic E-state index is -0.864. The van der Waals surface area contributed by atoms with E-state index in [1.54, 1.807) is 0 Å². The van der Waals surface area contributed by atoms with Gasteiger partial charge in [0.05, 0.1) is 5.75 Å². The summed E-state index contributed by atoms with van der Waals surface area (Å²) in [6.45, 7) is 6.08. The summed E-state index contributed by atoms with van der Waals surface area (Å²) >= 11 is 4.72. The lowest BCUT2D eigenvalue weighted by Gasteiger charge is -2.14. The van der Waals surface area contributed by atoms with Crippen molar-refractivity contribution in [2.24, 2.45) is 0 Å². The molecule has 0 aliphatic rings. The van der Waals surface area contributed by atoms with E-state index in [0.29, 0.717) is 5.16 Å². The van der Waals surface area contributed by atoms with E-state index in [4.69, 9.17) is 5.11 Å². The van der Waals surface area contributed by atoms with Crippen LogP contribution in [0.4, 0.5) is 0 Å². The van der Waals surface area contributed by atoms with Gasteiger partial charge >= 0.3 is 5.97 Å². The first kappa shape index (κ1) is 16.0. The van der Waals surface area contributed by atoms with Gasteiger partial charge in [0, 0.05) is 16.1 Å². The lowest BCUT2D eigenvalue weighted by molar-refractivity contribution is -0.133. The van der Waals surface area contributed by atoms with E-state index in [-0.39, 0.29) is 11.8 Å². The first-order valence-electron chi connectivity index (χ1n) is 6.46. The van der Waals surface area contributed by atoms with E-state index in [9.17, 15) is 4.79 Å². The highest BCUT2D eigenvalue weighted by Crippen LogP contribution is 2.32. The standard InChI is InChI=1S/C14H16BrN3O2S/c1-8(2)18-13(10-6-9(3)4-5-11(10)15)16-17-14(18)21-7-12(19)20/h4-6,8H,7H2,1-3H3,(H,19,20). The number of hydrogen-bond acceptors (Lipinski definition) is 4. The summed E-state index contributed by atoms with van der Waals surface area (Å²) in [6, 6.07) is 6.18. The first-order valence-corrected chi connectivity index (χ1v) is 8.24. The maximum atomic E-state index is 10.7. The van der Waals surface area contributed by atoms with Crippen LogP contribution in [0.15, 0.2) is 27.8 Å². The Labute approximate surface area is 135 Å². The second-order valence-corrected chi connectivity index (χ2v) is 6.73. The Morgan fingerprint density at radius 2 is 2.14 bits per heavy atom. The smallest absolute Gasteiger partial charge is 0.313 e. The maximum Gasteiger partial charge on any atom is 0.313 e. The van der Waals surface area contributed by atoms with Crippen molar-refractivity contribution in [2.75, 3.05) is 5.75 Å². The second-order valence-electron chi connectivity index (χ2n) is 4.94. The molecule has 1 heterocycles. The molecule has 112 valence electrons. The molecule has 1 N–H and O–H groups in total. The molecule has 0 spiro atoms. The fourth-order valence-corrected chi connectivity index (χ4v) is 3.17. The van der Waals surface area contributed by atoms with Gasteiger partial charge in [-0.1, -0.05) is 39.3 Å². The summed E-state index contributed by atoms with van der Waals surface area (Å²) in [5.41, 5.74) is 2.09. The largest absolute Gasteiger partial charge is 0.481 e. The van der Waals surface area contributed by atoms with Crippen LogP contribution in [-0.4, -0.2) is 31.6 Å². The molecule has 1 aromatic carbocycles. The van der Waals surface area contributed by atoms with Gasteiger partial charge in [0.25, 0.3) is 0 Å². The number of carbonyl (C=O) groups is 1. The monoisotopic (exact) mass is 369 g/mol. The summed E-state index contributed by atoms with van der Waals surface area (Å²) in [5.74, 6) is -0.148. The lowest BCUT2D eigenvalue weighted by atomic mass is 10.1. The molecule has 2 rings (SSSR count). The van der Waals surface area contributed by atoms with Crippen LogP contribution in [0.1, 0.15) is 25.5 Å². The number of aliphatic carboxylic acids is 1. The van der Waals surface area contributed by atoms with E-state index in [1.807, 2.05) is 43.5 Å². The van der Waals surface area contributed by atoms with E-state index in [1.165, 1.54) is 11.8 Å². The summed E-state index contributed by atoms with van der Waals surface area (Å²) in [5, 5.41) is 17.8. The molecule has 0 aliphatic carbocycles. The van der Waals surface area contributed by atoms with Crippen LogP contribution >= 0.6 is 27.7 Å². The Morgan fingerprint density at radius 3 is 2.76 bits per heavy atom. The molecule has 0 radical (unpaired) electrons. The number of hydrogen-bond donors (Lipinski definition) is 1. The third-order valence-corrected chi connectivity index (χ3v) is 4.49. The molecule has 0 fully saturated rings. The van der Waals surface area contributed by atoms with E-state index in [0.717, 1.165) is 21.4 Å². The molecule has 21 heavy (non-hydrogen) atoms. The number of halogens is 1. The van der Waals surface area contributed by atoms with E-state index < -0.39 is 5.97 Å². The van der Waals surface area contributed by atoms with Gasteiger partial charge < -0.3 is 5.11 Å². The first-order chi connectivity index (χ1) is 9.90. The quantitative estimate of drug-likeness (QED) is 0.812. The molecule has 0 saturated carbocycles. The van der Waals surface area contributed by atoms with Crippen molar-refractivity contribution in [3.05, 3.63) is 28.2 Å². The SMILES string of the molecule is Cc1ccc(Br)c(-c2nnc(SCC(=O)O)n2C(C)C)c1. The van der Waals surface area contributed by atoms with Gasteiger partial charge in [-0.25, -0.2) is 0 Å². The molecule has 0 saturated heterocycles. The number of nitrogens with zero attached hydrogens (tertiary/aromatic N) is 3. The lowest BCUT2D eigenvalue weighted by Crippen LogP contribution is -2.07. The van der Waals surface area contributed by atoms with Crippen LogP contribution in [0.3, 0.4) is 0 Å². The third kappa shape index (κ3) is 3.65. The predicted molar refractivity (Wildman–Crippen MR) is 86.6 cm³/mol. The average Bonchev–Trinajstić information content (AvgIpc) is 2.83. The predicted octanol–water partition coefficient (Wildman–Crippen LogP) is 3.77. The van der Waals surface area contributed by atoms with Crippen molar-refractivity contribution in [1.29, 1.82) is 0 Å². The fourth-order valence-electron chi connectivity index (χ4n) is 1.96. The molecule has 7 heteroatoms. The van der Waals surface area contributed by atoms with Crippen LogP contribution in [0.2, 0.25) is 0 Å². The second kappa shape index (κ2) is 6.62. The van der Waals surface area contributed by atoms with Crippen molar-refractivity contribution < 1.29 is 9.90 Å². The Bertz CT molecular complexity index is 670. The summed E-state index contributed by atoms with van der Waals surface area (Å²) in [6.07, 6.45) is 0. The van der Waals surface area contributed by atoms with E-state index >= 15 is 0 Å². The van der Waals surface area contributed by atoms with Crippen molar-refractivity contribution in [1.82, 2.24) is 14.8 Å². The van der Waals surface area contributed by atoms with Crippen LogP contribution in [0, 0.1) is 6.92 Å². The minimum Gasteiger partial charge on any atom is -0.481 e. The summed E-state index contributed by atoms with van der Waals surface area (Å²) in [4.78, 5) is 10.7. The highest BCUT2D eigenvalue weighted by Gasteiger charge is 2.19. The molecule has 0 amide bonds.